The number of halogens is 2. The van der Waals surface area contributed by atoms with Gasteiger partial charge in [-0.3, -0.25) is 20.6 Å². The summed E-state index contributed by atoms with van der Waals surface area (Å²) >= 11 is 0. The van der Waals surface area contributed by atoms with Crippen LogP contribution in [0.2, 0.25) is 0 Å². The summed E-state index contributed by atoms with van der Waals surface area (Å²) in [5, 5.41) is 13.8. The number of hydrogen-bond acceptors (Lipinski definition) is 9. The molecule has 45 heavy (non-hydrogen) atoms. The van der Waals surface area contributed by atoms with Crippen LogP contribution in [0, 0.1) is 25.5 Å². The first kappa shape index (κ1) is 34.4. The Morgan fingerprint density at radius 2 is 1.33 bits per heavy atom. The fraction of sp³-hybridized carbons (Fsp3) is 0.400. The molecule has 242 valence electrons. The molecule has 2 N–H and O–H groups in total. The molecule has 4 rings (SSSR count). The Morgan fingerprint density at radius 1 is 0.800 bits per heavy atom. The Bertz CT molecular complexity index is 1640. The number of ether oxygens (including phenoxy) is 3. The molecular weight excluding hydrogens is 590 g/mol. The van der Waals surface area contributed by atoms with E-state index in [-0.39, 0.29) is 5.88 Å². The minimum Gasteiger partial charge on any atom is -0.476 e. The number of carbonyl (C=O) groups excluding carboxylic acids is 2. The van der Waals surface area contributed by atoms with Crippen molar-refractivity contribution >= 4 is 23.6 Å². The van der Waals surface area contributed by atoms with Crippen molar-refractivity contribution in [1.82, 2.24) is 29.5 Å². The highest BCUT2D eigenvalue weighted by atomic mass is 19.1. The van der Waals surface area contributed by atoms with E-state index in [1.807, 2.05) is 0 Å². The van der Waals surface area contributed by atoms with E-state index >= 15 is 0 Å². The van der Waals surface area contributed by atoms with Crippen LogP contribution in [-0.4, -0.2) is 59.5 Å². The predicted octanol–water partition coefficient (Wildman–Crippen LogP) is 6.52. The van der Waals surface area contributed by atoms with Gasteiger partial charge in [-0.1, -0.05) is 0 Å². The maximum absolute atomic E-state index is 13.4. The average molecular weight is 629 g/mol. The fourth-order valence-electron chi connectivity index (χ4n) is 3.67. The number of nitrogens with zero attached hydrogens (tertiary/aromatic N) is 6. The largest absolute Gasteiger partial charge is 0.476 e. The van der Waals surface area contributed by atoms with Gasteiger partial charge in [0.15, 0.2) is 0 Å². The lowest BCUT2D eigenvalue weighted by Gasteiger charge is -2.20. The van der Waals surface area contributed by atoms with E-state index in [0.717, 1.165) is 12.4 Å². The molecule has 2 amide bonds. The fourth-order valence-corrected chi connectivity index (χ4v) is 3.67. The van der Waals surface area contributed by atoms with Gasteiger partial charge in [-0.05, 0) is 62.3 Å². The van der Waals surface area contributed by atoms with Crippen LogP contribution in [-0.2, 0) is 9.47 Å². The van der Waals surface area contributed by atoms with Crippen molar-refractivity contribution in [3.05, 3.63) is 66.1 Å². The van der Waals surface area contributed by atoms with Crippen molar-refractivity contribution in [2.24, 2.45) is 0 Å². The Labute approximate surface area is 259 Å². The second-order valence-electron chi connectivity index (χ2n) is 11.7. The lowest BCUT2D eigenvalue weighted by molar-refractivity contribution is 0.0624. The highest BCUT2D eigenvalue weighted by Crippen LogP contribution is 2.31. The molecule has 4 aromatic rings. The van der Waals surface area contributed by atoms with Crippen molar-refractivity contribution in [3.8, 4) is 17.3 Å². The van der Waals surface area contributed by atoms with Crippen LogP contribution in [0.3, 0.4) is 0 Å². The molecule has 13 nitrogen and oxygen atoms in total. The first-order chi connectivity index (χ1) is 21.0. The van der Waals surface area contributed by atoms with Gasteiger partial charge in [-0.2, -0.15) is 14.9 Å². The highest BCUT2D eigenvalue weighted by Gasteiger charge is 2.23. The quantitative estimate of drug-likeness (QED) is 0.243. The number of carbonyl (C=O) groups is 2. The predicted molar refractivity (Wildman–Crippen MR) is 163 cm³/mol. The number of aryl methyl sites for hydroxylation is 2. The lowest BCUT2D eigenvalue weighted by atomic mass is 10.2. The molecule has 0 spiro atoms. The number of amides is 2. The summed E-state index contributed by atoms with van der Waals surface area (Å²) in [7, 11) is 0. The molecule has 0 bridgehead atoms. The lowest BCUT2D eigenvalue weighted by Crippen LogP contribution is -2.27. The molecule has 0 saturated carbocycles. The molecule has 0 fully saturated rings. The number of pyridine rings is 2. The Balaban J connectivity index is 0.000000248. The van der Waals surface area contributed by atoms with Crippen LogP contribution in [0.4, 0.5) is 29.7 Å². The molecule has 0 radical (unpaired) electrons. The first-order valence-electron chi connectivity index (χ1n) is 14.0. The number of aromatic nitrogens is 6. The molecule has 4 aromatic heterocycles. The molecular formula is C30H38F2N8O5. The number of nitrogens with one attached hydrogen (secondary N) is 2. The van der Waals surface area contributed by atoms with Crippen molar-refractivity contribution < 1.29 is 32.6 Å². The summed E-state index contributed by atoms with van der Waals surface area (Å²) in [5.74, 6) is -0.666. The summed E-state index contributed by atoms with van der Waals surface area (Å²) in [6.07, 6.45) is 5.53. The second kappa shape index (κ2) is 14.1. The molecule has 0 aliphatic rings. The molecule has 0 saturated heterocycles. The number of hydrogen-bond donors (Lipinski definition) is 2. The highest BCUT2D eigenvalue weighted by molar-refractivity contribution is 5.87. The Kier molecular flexibility index (Phi) is 10.8. The smallest absolute Gasteiger partial charge is 0.412 e. The van der Waals surface area contributed by atoms with Crippen LogP contribution >= 0.6 is 0 Å². The first-order valence-corrected chi connectivity index (χ1v) is 14.0. The minimum atomic E-state index is -0.633. The topological polar surface area (TPSA) is 147 Å². The van der Waals surface area contributed by atoms with Gasteiger partial charge in [0.25, 0.3) is 0 Å². The van der Waals surface area contributed by atoms with Gasteiger partial charge in [0.2, 0.25) is 5.88 Å². The van der Waals surface area contributed by atoms with Gasteiger partial charge >= 0.3 is 12.2 Å². The maximum Gasteiger partial charge on any atom is 0.412 e. The number of rotatable bonds is 6. The summed E-state index contributed by atoms with van der Waals surface area (Å²) in [5.41, 5.74) is 1.60. The maximum atomic E-state index is 13.4. The standard InChI is InChI=1S/C16H21FN4O3.C14H17FN4O2/c1-6-23-14-13(19-15(22)24-16(3,4)5)10(2)20-21(14)12-7-11(17)8-18-9-12;1-9-12(17-13(20)21-14(2,3)4)8-19(18-9)11-5-10(15)6-16-7-11/h7-9H,6H2,1-5H3,(H,19,22);5-8H,1-4H3,(H,17,20). The van der Waals surface area contributed by atoms with E-state index in [2.05, 4.69) is 30.8 Å². The van der Waals surface area contributed by atoms with Gasteiger partial charge in [-0.25, -0.2) is 23.1 Å². The third-order valence-corrected chi connectivity index (χ3v) is 5.35. The van der Waals surface area contributed by atoms with Crippen molar-refractivity contribution in [2.75, 3.05) is 17.2 Å². The van der Waals surface area contributed by atoms with E-state index in [0.29, 0.717) is 40.7 Å². The van der Waals surface area contributed by atoms with Gasteiger partial charge in [0.05, 0.1) is 66.0 Å². The van der Waals surface area contributed by atoms with E-state index in [1.165, 1.54) is 33.9 Å². The van der Waals surface area contributed by atoms with Crippen LogP contribution in [0.25, 0.3) is 11.4 Å². The molecule has 0 aliphatic carbocycles. The minimum absolute atomic E-state index is 0.285. The third-order valence-electron chi connectivity index (χ3n) is 5.35. The molecule has 4 heterocycles. The van der Waals surface area contributed by atoms with Gasteiger partial charge in [0.1, 0.15) is 28.5 Å². The van der Waals surface area contributed by atoms with E-state index < -0.39 is 35.0 Å². The molecule has 0 aromatic carbocycles. The van der Waals surface area contributed by atoms with Gasteiger partial charge in [0, 0.05) is 12.1 Å². The van der Waals surface area contributed by atoms with Crippen LogP contribution < -0.4 is 15.4 Å². The molecule has 15 heteroatoms. The van der Waals surface area contributed by atoms with E-state index in [9.17, 15) is 18.4 Å². The molecule has 0 unspecified atom stereocenters. The normalized spacial score (nSPS) is 11.3. The van der Waals surface area contributed by atoms with Crippen LogP contribution in [0.1, 0.15) is 59.9 Å². The zero-order valence-electron chi connectivity index (χ0n) is 26.7. The van der Waals surface area contributed by atoms with Crippen LogP contribution in [0.5, 0.6) is 5.88 Å². The molecule has 0 atom stereocenters. The van der Waals surface area contributed by atoms with Crippen LogP contribution in [0.15, 0.2) is 43.1 Å². The number of anilines is 2. The van der Waals surface area contributed by atoms with Crippen molar-refractivity contribution in [3.63, 3.8) is 0 Å². The zero-order chi connectivity index (χ0) is 33.5. The third kappa shape index (κ3) is 10.3. The average Bonchev–Trinajstić information content (AvgIpc) is 3.41. The summed E-state index contributed by atoms with van der Waals surface area (Å²) in [4.78, 5) is 31.3. The van der Waals surface area contributed by atoms with E-state index in [1.54, 1.807) is 68.5 Å². The van der Waals surface area contributed by atoms with Crippen molar-refractivity contribution in [2.45, 2.75) is 73.5 Å². The molecule has 0 aliphatic heterocycles. The zero-order valence-corrected chi connectivity index (χ0v) is 26.7. The second-order valence-corrected chi connectivity index (χ2v) is 11.7. The monoisotopic (exact) mass is 628 g/mol. The van der Waals surface area contributed by atoms with E-state index in [4.69, 9.17) is 14.2 Å². The van der Waals surface area contributed by atoms with Crippen molar-refractivity contribution in [1.29, 1.82) is 0 Å². The summed E-state index contributed by atoms with van der Waals surface area (Å²) < 4.78 is 45.4. The summed E-state index contributed by atoms with van der Waals surface area (Å²) in [6, 6.07) is 2.58. The Morgan fingerprint density at radius 3 is 1.87 bits per heavy atom. The summed E-state index contributed by atoms with van der Waals surface area (Å²) in [6.45, 7) is 16.2. The SMILES string of the molecule is CCOc1c(NC(=O)OC(C)(C)C)c(C)nn1-c1cncc(F)c1.Cc1nn(-c2cncc(F)c2)cc1NC(=O)OC(C)(C)C. The van der Waals surface area contributed by atoms with Gasteiger partial charge < -0.3 is 14.2 Å². The Hall–Kier alpha value is -5.08. The van der Waals surface area contributed by atoms with Gasteiger partial charge in [-0.15, -0.1) is 0 Å².